The molecule has 17 heavy (non-hydrogen) atoms. The molecule has 1 aromatic rings. The molecule has 0 saturated heterocycles. The van der Waals surface area contributed by atoms with Crippen molar-refractivity contribution < 1.29 is 0 Å². The van der Waals surface area contributed by atoms with Crippen molar-refractivity contribution >= 4 is 0 Å². The first-order valence-electron chi connectivity index (χ1n) is 6.88. The quantitative estimate of drug-likeness (QED) is 0.873. The van der Waals surface area contributed by atoms with Gasteiger partial charge in [0, 0.05) is 18.5 Å². The largest absolute Gasteiger partial charge is 0.327 e. The highest BCUT2D eigenvalue weighted by Gasteiger charge is 2.21. The number of hydrogen-bond acceptors (Lipinski definition) is 3. The second-order valence-corrected chi connectivity index (χ2v) is 5.20. The van der Waals surface area contributed by atoms with Crippen LogP contribution < -0.4 is 5.73 Å². The molecule has 1 aliphatic carbocycles. The molecule has 0 bridgehead atoms. The standard InChI is InChI=1S/C13H24N4/c1-3-11(14)9-13-16-15-10(2)17(13)12-7-5-4-6-8-12/h11-12H,3-9,14H2,1-2H3. The van der Waals surface area contributed by atoms with Gasteiger partial charge < -0.3 is 10.3 Å². The van der Waals surface area contributed by atoms with Crippen LogP contribution in [-0.2, 0) is 6.42 Å². The lowest BCUT2D eigenvalue weighted by atomic mass is 9.95. The van der Waals surface area contributed by atoms with E-state index in [9.17, 15) is 0 Å². The minimum Gasteiger partial charge on any atom is -0.327 e. The summed E-state index contributed by atoms with van der Waals surface area (Å²) in [5, 5.41) is 8.55. The molecule has 1 unspecified atom stereocenters. The lowest BCUT2D eigenvalue weighted by Gasteiger charge is -2.25. The first-order chi connectivity index (χ1) is 8.22. The van der Waals surface area contributed by atoms with Crippen molar-refractivity contribution in [3.8, 4) is 0 Å². The summed E-state index contributed by atoms with van der Waals surface area (Å²) in [6.45, 7) is 4.18. The molecule has 1 heterocycles. The van der Waals surface area contributed by atoms with Gasteiger partial charge in [-0.05, 0) is 26.2 Å². The van der Waals surface area contributed by atoms with Crippen molar-refractivity contribution in [3.05, 3.63) is 11.6 Å². The highest BCUT2D eigenvalue weighted by molar-refractivity contribution is 5.00. The second-order valence-electron chi connectivity index (χ2n) is 5.20. The van der Waals surface area contributed by atoms with Gasteiger partial charge in [-0.3, -0.25) is 0 Å². The molecule has 0 radical (unpaired) electrons. The SMILES string of the molecule is CCC(N)Cc1nnc(C)n1C1CCCCC1. The van der Waals surface area contributed by atoms with Gasteiger partial charge in [0.05, 0.1) is 0 Å². The zero-order chi connectivity index (χ0) is 12.3. The summed E-state index contributed by atoms with van der Waals surface area (Å²) in [6, 6.07) is 0.818. The van der Waals surface area contributed by atoms with E-state index in [2.05, 4.69) is 28.6 Å². The Hall–Kier alpha value is -0.900. The summed E-state index contributed by atoms with van der Waals surface area (Å²) in [6.07, 6.45) is 8.44. The van der Waals surface area contributed by atoms with Crippen LogP contribution in [0.2, 0.25) is 0 Å². The van der Waals surface area contributed by atoms with Crippen molar-refractivity contribution in [2.24, 2.45) is 5.73 Å². The fraction of sp³-hybridized carbons (Fsp3) is 0.846. The van der Waals surface area contributed by atoms with Gasteiger partial charge >= 0.3 is 0 Å². The average Bonchev–Trinajstić information content (AvgIpc) is 2.71. The lowest BCUT2D eigenvalue weighted by Crippen LogP contribution is -2.25. The van der Waals surface area contributed by atoms with Gasteiger partial charge in [0.15, 0.2) is 0 Å². The first-order valence-corrected chi connectivity index (χ1v) is 6.88. The Balaban J connectivity index is 2.16. The fourth-order valence-corrected chi connectivity index (χ4v) is 2.75. The topological polar surface area (TPSA) is 56.7 Å². The van der Waals surface area contributed by atoms with Crippen LogP contribution in [0.15, 0.2) is 0 Å². The highest BCUT2D eigenvalue weighted by Crippen LogP contribution is 2.29. The Morgan fingerprint density at radius 3 is 2.65 bits per heavy atom. The predicted octanol–water partition coefficient (Wildman–Crippen LogP) is 2.37. The Morgan fingerprint density at radius 1 is 1.29 bits per heavy atom. The third-order valence-corrected chi connectivity index (χ3v) is 3.85. The number of nitrogens with two attached hydrogens (primary N) is 1. The summed E-state index contributed by atoms with van der Waals surface area (Å²) in [5.74, 6) is 2.14. The molecule has 1 aliphatic rings. The second kappa shape index (κ2) is 5.63. The molecule has 1 saturated carbocycles. The van der Waals surface area contributed by atoms with E-state index < -0.39 is 0 Å². The molecule has 4 heteroatoms. The van der Waals surface area contributed by atoms with Crippen LogP contribution in [0, 0.1) is 6.92 Å². The average molecular weight is 236 g/mol. The van der Waals surface area contributed by atoms with Gasteiger partial charge in [0.25, 0.3) is 0 Å². The van der Waals surface area contributed by atoms with Gasteiger partial charge in [-0.25, -0.2) is 0 Å². The summed E-state index contributed by atoms with van der Waals surface area (Å²) in [4.78, 5) is 0. The van der Waals surface area contributed by atoms with Crippen LogP contribution in [0.3, 0.4) is 0 Å². The Morgan fingerprint density at radius 2 is 2.00 bits per heavy atom. The molecular weight excluding hydrogens is 212 g/mol. The smallest absolute Gasteiger partial charge is 0.134 e. The minimum absolute atomic E-state index is 0.209. The number of hydrogen-bond donors (Lipinski definition) is 1. The molecule has 0 aliphatic heterocycles. The van der Waals surface area contributed by atoms with E-state index in [1.54, 1.807) is 0 Å². The first kappa shape index (κ1) is 12.6. The van der Waals surface area contributed by atoms with Crippen molar-refractivity contribution in [1.29, 1.82) is 0 Å². The van der Waals surface area contributed by atoms with E-state index in [0.29, 0.717) is 6.04 Å². The van der Waals surface area contributed by atoms with Crippen LogP contribution in [-0.4, -0.2) is 20.8 Å². The molecule has 1 aromatic heterocycles. The van der Waals surface area contributed by atoms with Crippen LogP contribution >= 0.6 is 0 Å². The van der Waals surface area contributed by atoms with E-state index in [1.165, 1.54) is 32.1 Å². The van der Waals surface area contributed by atoms with E-state index in [-0.39, 0.29) is 6.04 Å². The normalized spacial score (nSPS) is 19.5. The summed E-state index contributed by atoms with van der Waals surface area (Å²) in [5.41, 5.74) is 6.03. The van der Waals surface area contributed by atoms with Gasteiger partial charge in [0.2, 0.25) is 0 Å². The molecule has 1 atom stereocenters. The number of aryl methyl sites for hydroxylation is 1. The van der Waals surface area contributed by atoms with E-state index in [0.717, 1.165) is 24.5 Å². The van der Waals surface area contributed by atoms with Crippen molar-refractivity contribution in [2.75, 3.05) is 0 Å². The Labute approximate surface area is 104 Å². The molecule has 0 spiro atoms. The fourth-order valence-electron chi connectivity index (χ4n) is 2.75. The number of rotatable bonds is 4. The van der Waals surface area contributed by atoms with Crippen LogP contribution in [0.1, 0.15) is 63.1 Å². The van der Waals surface area contributed by atoms with Gasteiger partial charge in [0.1, 0.15) is 11.6 Å². The van der Waals surface area contributed by atoms with E-state index in [4.69, 9.17) is 5.73 Å². The molecule has 1 fully saturated rings. The minimum atomic E-state index is 0.209. The van der Waals surface area contributed by atoms with Gasteiger partial charge in [-0.15, -0.1) is 10.2 Å². The maximum Gasteiger partial charge on any atom is 0.134 e. The van der Waals surface area contributed by atoms with E-state index in [1.807, 2.05) is 0 Å². The van der Waals surface area contributed by atoms with Crippen molar-refractivity contribution in [3.63, 3.8) is 0 Å². The maximum atomic E-state index is 6.03. The molecule has 4 nitrogen and oxygen atoms in total. The monoisotopic (exact) mass is 236 g/mol. The molecular formula is C13H24N4. The lowest BCUT2D eigenvalue weighted by molar-refractivity contribution is 0.338. The summed E-state index contributed by atoms with van der Waals surface area (Å²) >= 11 is 0. The highest BCUT2D eigenvalue weighted by atomic mass is 15.3. The van der Waals surface area contributed by atoms with E-state index >= 15 is 0 Å². The molecule has 2 N–H and O–H groups in total. The third-order valence-electron chi connectivity index (χ3n) is 3.85. The zero-order valence-corrected chi connectivity index (χ0v) is 11.0. The number of aromatic nitrogens is 3. The molecule has 0 aromatic carbocycles. The predicted molar refractivity (Wildman–Crippen MR) is 68.9 cm³/mol. The summed E-state index contributed by atoms with van der Waals surface area (Å²) in [7, 11) is 0. The van der Waals surface area contributed by atoms with Crippen LogP contribution in [0.5, 0.6) is 0 Å². The molecule has 2 rings (SSSR count). The molecule has 0 amide bonds. The van der Waals surface area contributed by atoms with Gasteiger partial charge in [-0.1, -0.05) is 26.2 Å². The molecule has 96 valence electrons. The van der Waals surface area contributed by atoms with Crippen LogP contribution in [0.4, 0.5) is 0 Å². The van der Waals surface area contributed by atoms with Crippen molar-refractivity contribution in [2.45, 2.75) is 70.9 Å². The zero-order valence-electron chi connectivity index (χ0n) is 11.0. The third kappa shape index (κ3) is 2.86. The summed E-state index contributed by atoms with van der Waals surface area (Å²) < 4.78 is 2.34. The maximum absolute atomic E-state index is 6.03. The Bertz CT molecular complexity index is 352. The van der Waals surface area contributed by atoms with Gasteiger partial charge in [-0.2, -0.15) is 0 Å². The number of nitrogens with zero attached hydrogens (tertiary/aromatic N) is 3. The van der Waals surface area contributed by atoms with Crippen LogP contribution in [0.25, 0.3) is 0 Å². The Kier molecular flexibility index (Phi) is 4.15. The van der Waals surface area contributed by atoms with Crippen molar-refractivity contribution in [1.82, 2.24) is 14.8 Å².